The molecule has 21 heavy (non-hydrogen) atoms. The van der Waals surface area contributed by atoms with E-state index in [9.17, 15) is 14.9 Å². The summed E-state index contributed by atoms with van der Waals surface area (Å²) in [5.74, 6) is -0.997. The van der Waals surface area contributed by atoms with E-state index in [2.05, 4.69) is 20.6 Å². The first-order valence-corrected chi connectivity index (χ1v) is 5.96. The second-order valence-electron chi connectivity index (χ2n) is 4.18. The standard InChI is InChI=1S/C11H12N6O4/c1-7-2-3-9(17(20)21)10(13-7)12-4-5-16-6-8(11(18)19)14-15-16/h2-3,6H,4-5H2,1H3,(H,12,13)(H,18,19). The number of pyridine rings is 1. The first kappa shape index (κ1) is 14.4. The molecule has 2 aromatic rings. The summed E-state index contributed by atoms with van der Waals surface area (Å²) in [6, 6.07) is 2.93. The second kappa shape index (κ2) is 5.94. The van der Waals surface area contributed by atoms with Gasteiger partial charge in [0.25, 0.3) is 0 Å². The fourth-order valence-corrected chi connectivity index (χ4v) is 1.62. The highest BCUT2D eigenvalue weighted by atomic mass is 16.6. The Kier molecular flexibility index (Phi) is 4.07. The van der Waals surface area contributed by atoms with E-state index in [0.717, 1.165) is 0 Å². The van der Waals surface area contributed by atoms with Crippen LogP contribution in [0, 0.1) is 17.0 Å². The third kappa shape index (κ3) is 3.49. The molecule has 10 heteroatoms. The largest absolute Gasteiger partial charge is 0.476 e. The first-order valence-electron chi connectivity index (χ1n) is 5.96. The van der Waals surface area contributed by atoms with Crippen LogP contribution in [0.3, 0.4) is 0 Å². The molecule has 2 rings (SSSR count). The average molecular weight is 292 g/mol. The molecule has 2 heterocycles. The normalized spacial score (nSPS) is 10.3. The van der Waals surface area contributed by atoms with Gasteiger partial charge in [-0.2, -0.15) is 0 Å². The molecule has 0 bridgehead atoms. The summed E-state index contributed by atoms with van der Waals surface area (Å²) in [4.78, 5) is 25.1. The van der Waals surface area contributed by atoms with Gasteiger partial charge in [-0.3, -0.25) is 10.1 Å². The molecule has 2 N–H and O–H groups in total. The van der Waals surface area contributed by atoms with Crippen molar-refractivity contribution >= 4 is 17.5 Å². The number of carboxylic acid groups (broad SMARTS) is 1. The molecular formula is C11H12N6O4. The van der Waals surface area contributed by atoms with Crippen molar-refractivity contribution in [1.29, 1.82) is 0 Å². The minimum Gasteiger partial charge on any atom is -0.476 e. The lowest BCUT2D eigenvalue weighted by Crippen LogP contribution is -2.13. The Balaban J connectivity index is 2.01. The van der Waals surface area contributed by atoms with Crippen molar-refractivity contribution in [2.45, 2.75) is 13.5 Å². The molecule has 0 saturated heterocycles. The summed E-state index contributed by atoms with van der Waals surface area (Å²) in [5.41, 5.74) is 0.372. The predicted octanol–water partition coefficient (Wildman–Crippen LogP) is 0.700. The van der Waals surface area contributed by atoms with Crippen LogP contribution in [-0.4, -0.2) is 42.5 Å². The molecule has 10 nitrogen and oxygen atoms in total. The predicted molar refractivity (Wildman–Crippen MR) is 71.1 cm³/mol. The summed E-state index contributed by atoms with van der Waals surface area (Å²) >= 11 is 0. The number of aromatic carboxylic acids is 1. The third-order valence-electron chi connectivity index (χ3n) is 2.60. The maximum absolute atomic E-state index is 10.9. The second-order valence-corrected chi connectivity index (χ2v) is 4.18. The van der Waals surface area contributed by atoms with Gasteiger partial charge in [-0.25, -0.2) is 14.5 Å². The first-order chi connectivity index (χ1) is 9.97. The van der Waals surface area contributed by atoms with E-state index in [4.69, 9.17) is 5.11 Å². The van der Waals surface area contributed by atoms with Crippen LogP contribution < -0.4 is 5.32 Å². The highest BCUT2D eigenvalue weighted by Gasteiger charge is 2.15. The smallest absolute Gasteiger partial charge is 0.358 e. The number of aromatic nitrogens is 4. The number of anilines is 1. The Hall–Kier alpha value is -3.04. The maximum Gasteiger partial charge on any atom is 0.358 e. The van der Waals surface area contributed by atoms with Crippen molar-refractivity contribution < 1.29 is 14.8 Å². The van der Waals surface area contributed by atoms with Crippen molar-refractivity contribution in [2.24, 2.45) is 0 Å². The van der Waals surface area contributed by atoms with Crippen molar-refractivity contribution in [3.8, 4) is 0 Å². The number of hydrogen-bond donors (Lipinski definition) is 2. The molecule has 0 aromatic carbocycles. The Labute approximate surface area is 118 Å². The van der Waals surface area contributed by atoms with Crippen LogP contribution in [-0.2, 0) is 6.54 Å². The van der Waals surface area contributed by atoms with Gasteiger partial charge in [0.2, 0.25) is 5.82 Å². The van der Waals surface area contributed by atoms with Gasteiger partial charge < -0.3 is 10.4 Å². The van der Waals surface area contributed by atoms with E-state index in [0.29, 0.717) is 18.8 Å². The number of nitrogens with zero attached hydrogens (tertiary/aromatic N) is 5. The molecule has 2 aromatic heterocycles. The van der Waals surface area contributed by atoms with Crippen LogP contribution in [0.25, 0.3) is 0 Å². The Morgan fingerprint density at radius 1 is 1.52 bits per heavy atom. The van der Waals surface area contributed by atoms with Crippen LogP contribution in [0.1, 0.15) is 16.2 Å². The number of carbonyl (C=O) groups is 1. The van der Waals surface area contributed by atoms with Crippen molar-refractivity contribution in [1.82, 2.24) is 20.0 Å². The van der Waals surface area contributed by atoms with E-state index in [1.807, 2.05) is 0 Å². The lowest BCUT2D eigenvalue weighted by molar-refractivity contribution is -0.384. The Morgan fingerprint density at radius 3 is 2.90 bits per heavy atom. The van der Waals surface area contributed by atoms with Crippen LogP contribution in [0.2, 0.25) is 0 Å². The number of carboxylic acids is 1. The fourth-order valence-electron chi connectivity index (χ4n) is 1.62. The SMILES string of the molecule is Cc1ccc([N+](=O)[O-])c(NCCn2cc(C(=O)O)nn2)n1. The summed E-state index contributed by atoms with van der Waals surface area (Å²) in [7, 11) is 0. The van der Waals surface area contributed by atoms with Crippen molar-refractivity contribution in [3.63, 3.8) is 0 Å². The number of nitrogens with one attached hydrogen (secondary N) is 1. The van der Waals surface area contributed by atoms with Crippen LogP contribution >= 0.6 is 0 Å². The Bertz CT molecular complexity index is 683. The molecule has 110 valence electrons. The van der Waals surface area contributed by atoms with E-state index >= 15 is 0 Å². The topological polar surface area (TPSA) is 136 Å². The molecule has 0 saturated carbocycles. The summed E-state index contributed by atoms with van der Waals surface area (Å²) in [6.07, 6.45) is 1.28. The monoisotopic (exact) mass is 292 g/mol. The quantitative estimate of drug-likeness (QED) is 0.586. The Morgan fingerprint density at radius 2 is 2.29 bits per heavy atom. The molecule has 0 unspecified atom stereocenters. The maximum atomic E-state index is 10.9. The molecule has 0 spiro atoms. The summed E-state index contributed by atoms with van der Waals surface area (Å²) < 4.78 is 1.33. The number of aryl methyl sites for hydroxylation is 1. The molecule has 0 radical (unpaired) electrons. The van der Waals surface area contributed by atoms with Crippen LogP contribution in [0.4, 0.5) is 11.5 Å². The molecule has 0 fully saturated rings. The van der Waals surface area contributed by atoms with Gasteiger partial charge in [-0.1, -0.05) is 5.21 Å². The summed E-state index contributed by atoms with van der Waals surface area (Å²) in [6.45, 7) is 2.32. The van der Waals surface area contributed by atoms with Gasteiger partial charge in [-0.05, 0) is 13.0 Å². The number of nitro groups is 1. The van der Waals surface area contributed by atoms with Crippen molar-refractivity contribution in [2.75, 3.05) is 11.9 Å². The molecule has 0 amide bonds. The lowest BCUT2D eigenvalue weighted by atomic mass is 10.3. The highest BCUT2D eigenvalue weighted by molar-refractivity contribution is 5.84. The van der Waals surface area contributed by atoms with E-state index < -0.39 is 10.9 Å². The van der Waals surface area contributed by atoms with Gasteiger partial charge >= 0.3 is 11.7 Å². The fraction of sp³-hybridized carbons (Fsp3) is 0.273. The van der Waals surface area contributed by atoms with Crippen LogP contribution in [0.15, 0.2) is 18.3 Å². The van der Waals surface area contributed by atoms with Crippen LogP contribution in [0.5, 0.6) is 0 Å². The number of hydrogen-bond acceptors (Lipinski definition) is 7. The zero-order valence-corrected chi connectivity index (χ0v) is 11.1. The van der Waals surface area contributed by atoms with E-state index in [-0.39, 0.29) is 17.2 Å². The molecule has 0 aliphatic heterocycles. The van der Waals surface area contributed by atoms with Gasteiger partial charge in [0, 0.05) is 18.3 Å². The van der Waals surface area contributed by atoms with Gasteiger partial charge in [0.15, 0.2) is 5.69 Å². The van der Waals surface area contributed by atoms with E-state index in [1.54, 1.807) is 13.0 Å². The molecule has 0 aliphatic carbocycles. The summed E-state index contributed by atoms with van der Waals surface area (Å²) in [5, 5.41) is 29.5. The zero-order valence-electron chi connectivity index (χ0n) is 11.1. The van der Waals surface area contributed by atoms with Crippen molar-refractivity contribution in [3.05, 3.63) is 39.8 Å². The number of rotatable bonds is 6. The minimum atomic E-state index is -1.16. The third-order valence-corrected chi connectivity index (χ3v) is 2.60. The average Bonchev–Trinajstić information content (AvgIpc) is 2.87. The minimum absolute atomic E-state index is 0.120. The van der Waals surface area contributed by atoms with Gasteiger partial charge in [0.05, 0.1) is 17.7 Å². The molecular weight excluding hydrogens is 280 g/mol. The highest BCUT2D eigenvalue weighted by Crippen LogP contribution is 2.21. The molecule has 0 aliphatic rings. The lowest BCUT2D eigenvalue weighted by Gasteiger charge is -2.06. The zero-order chi connectivity index (χ0) is 15.4. The van der Waals surface area contributed by atoms with Gasteiger partial charge in [0.1, 0.15) is 0 Å². The molecule has 0 atom stereocenters. The van der Waals surface area contributed by atoms with Gasteiger partial charge in [-0.15, -0.1) is 5.10 Å². The van der Waals surface area contributed by atoms with E-state index in [1.165, 1.54) is 16.9 Å².